The van der Waals surface area contributed by atoms with Gasteiger partial charge in [-0.3, -0.25) is 9.59 Å². The number of carbonyl (C=O) groups excluding carboxylic acids is 2. The molecule has 0 fully saturated rings. The third-order valence-electron chi connectivity index (χ3n) is 2.89. The number of hydrogen-bond acceptors (Lipinski definition) is 2. The number of rotatable bonds is 2. The van der Waals surface area contributed by atoms with Crippen molar-refractivity contribution in [2.45, 2.75) is 19.9 Å². The Kier molecular flexibility index (Phi) is 2.97. The van der Waals surface area contributed by atoms with Gasteiger partial charge in [-0.25, -0.2) is 0 Å². The first-order valence-corrected chi connectivity index (χ1v) is 5.57. The highest BCUT2D eigenvalue weighted by Crippen LogP contribution is 2.26. The van der Waals surface area contributed by atoms with Crippen molar-refractivity contribution in [2.75, 3.05) is 6.54 Å². The van der Waals surface area contributed by atoms with Crippen LogP contribution in [0.4, 0.5) is 0 Å². The average Bonchev–Trinajstić information content (AvgIpc) is 2.28. The molecule has 0 saturated carbocycles. The smallest absolute Gasteiger partial charge is 0.227 e. The molecule has 3 nitrogen and oxygen atoms in total. The van der Waals surface area contributed by atoms with Gasteiger partial charge in [-0.1, -0.05) is 11.6 Å². The quantitative estimate of drug-likeness (QED) is 0.739. The third kappa shape index (κ3) is 1.83. The zero-order valence-electron chi connectivity index (χ0n) is 9.00. The number of aldehydes is 1. The predicted octanol–water partition coefficient (Wildman–Crippen LogP) is 2.06. The summed E-state index contributed by atoms with van der Waals surface area (Å²) in [5.41, 5.74) is 2.34. The monoisotopic (exact) mass is 237 g/mol. The molecule has 1 heterocycles. The second kappa shape index (κ2) is 4.26. The predicted molar refractivity (Wildman–Crippen MR) is 61.6 cm³/mol. The van der Waals surface area contributed by atoms with Crippen LogP contribution in [-0.4, -0.2) is 23.6 Å². The number of hydrogen-bond donors (Lipinski definition) is 0. The van der Waals surface area contributed by atoms with Crippen LogP contribution in [0.15, 0.2) is 12.1 Å². The van der Waals surface area contributed by atoms with Crippen molar-refractivity contribution in [3.8, 4) is 0 Å². The minimum absolute atomic E-state index is 0.0698. The van der Waals surface area contributed by atoms with Crippen molar-refractivity contribution in [2.24, 2.45) is 0 Å². The Hall–Kier alpha value is -1.35. The van der Waals surface area contributed by atoms with Gasteiger partial charge in [0.25, 0.3) is 0 Å². The van der Waals surface area contributed by atoms with Crippen molar-refractivity contribution in [1.29, 1.82) is 0 Å². The SMILES string of the molecule is CCN1Cc2cc(Cl)cc(C=O)c2CC1=O. The van der Waals surface area contributed by atoms with Gasteiger partial charge >= 0.3 is 0 Å². The first-order chi connectivity index (χ1) is 7.65. The maximum Gasteiger partial charge on any atom is 0.227 e. The van der Waals surface area contributed by atoms with Crippen molar-refractivity contribution in [3.63, 3.8) is 0 Å². The van der Waals surface area contributed by atoms with Crippen molar-refractivity contribution >= 4 is 23.8 Å². The third-order valence-corrected chi connectivity index (χ3v) is 3.11. The summed E-state index contributed by atoms with van der Waals surface area (Å²) in [6.07, 6.45) is 1.06. The van der Waals surface area contributed by atoms with E-state index in [0.29, 0.717) is 30.1 Å². The molecule has 84 valence electrons. The van der Waals surface area contributed by atoms with Gasteiger partial charge < -0.3 is 4.90 Å². The summed E-state index contributed by atoms with van der Waals surface area (Å²) in [6, 6.07) is 3.45. The summed E-state index contributed by atoms with van der Waals surface area (Å²) in [4.78, 5) is 24.4. The number of amides is 1. The van der Waals surface area contributed by atoms with Crippen molar-refractivity contribution in [1.82, 2.24) is 4.90 Å². The summed E-state index contributed by atoms with van der Waals surface area (Å²) < 4.78 is 0. The first kappa shape index (κ1) is 11.1. The Labute approximate surface area is 99.0 Å². The Bertz CT molecular complexity index is 457. The topological polar surface area (TPSA) is 37.4 Å². The van der Waals surface area contributed by atoms with Crippen LogP contribution in [0.1, 0.15) is 28.4 Å². The molecule has 0 unspecified atom stereocenters. The van der Waals surface area contributed by atoms with Crippen LogP contribution in [0.5, 0.6) is 0 Å². The lowest BCUT2D eigenvalue weighted by Gasteiger charge is -2.28. The van der Waals surface area contributed by atoms with Crippen LogP contribution in [-0.2, 0) is 17.8 Å². The Morgan fingerprint density at radius 2 is 2.25 bits per heavy atom. The number of fused-ring (bicyclic) bond motifs is 1. The second-order valence-corrected chi connectivity index (χ2v) is 4.27. The van der Waals surface area contributed by atoms with Gasteiger partial charge in [-0.05, 0) is 30.2 Å². The minimum Gasteiger partial charge on any atom is -0.338 e. The summed E-state index contributed by atoms with van der Waals surface area (Å²) in [6.45, 7) is 3.17. The molecule has 0 spiro atoms. The number of nitrogens with zero attached hydrogens (tertiary/aromatic N) is 1. The molecule has 1 amide bonds. The Morgan fingerprint density at radius 3 is 2.88 bits per heavy atom. The summed E-state index contributed by atoms with van der Waals surface area (Å²) in [7, 11) is 0. The van der Waals surface area contributed by atoms with E-state index in [1.165, 1.54) is 0 Å². The second-order valence-electron chi connectivity index (χ2n) is 3.84. The minimum atomic E-state index is 0.0698. The molecule has 1 aliphatic rings. The highest BCUT2D eigenvalue weighted by Gasteiger charge is 2.24. The van der Waals surface area contributed by atoms with E-state index in [1.54, 1.807) is 11.0 Å². The van der Waals surface area contributed by atoms with E-state index >= 15 is 0 Å². The fraction of sp³-hybridized carbons (Fsp3) is 0.333. The molecule has 0 aliphatic carbocycles. The molecule has 0 atom stereocenters. The van der Waals surface area contributed by atoms with Crippen LogP contribution >= 0.6 is 11.6 Å². The van der Waals surface area contributed by atoms with E-state index < -0.39 is 0 Å². The number of benzene rings is 1. The molecular formula is C12H12ClNO2. The molecule has 16 heavy (non-hydrogen) atoms. The zero-order valence-corrected chi connectivity index (χ0v) is 9.75. The summed E-state index contributed by atoms with van der Waals surface area (Å²) >= 11 is 5.93. The van der Waals surface area contributed by atoms with Crippen LogP contribution in [0, 0.1) is 0 Å². The Morgan fingerprint density at radius 1 is 1.50 bits per heavy atom. The molecule has 0 bridgehead atoms. The van der Waals surface area contributed by atoms with Gasteiger partial charge in [-0.2, -0.15) is 0 Å². The van der Waals surface area contributed by atoms with E-state index in [0.717, 1.165) is 17.4 Å². The largest absolute Gasteiger partial charge is 0.338 e. The maximum atomic E-state index is 11.7. The number of likely N-dealkylation sites (N-methyl/N-ethyl adjacent to an activating group) is 1. The molecule has 0 aromatic heterocycles. The Balaban J connectivity index is 2.49. The number of carbonyl (C=O) groups is 2. The normalized spacial score (nSPS) is 14.9. The number of halogens is 1. The molecule has 0 saturated heterocycles. The lowest BCUT2D eigenvalue weighted by atomic mass is 9.94. The van der Waals surface area contributed by atoms with Crippen molar-refractivity contribution in [3.05, 3.63) is 33.8 Å². The van der Waals surface area contributed by atoms with Gasteiger partial charge in [-0.15, -0.1) is 0 Å². The fourth-order valence-electron chi connectivity index (χ4n) is 2.02. The van der Waals surface area contributed by atoms with E-state index in [4.69, 9.17) is 11.6 Å². The van der Waals surface area contributed by atoms with Gasteiger partial charge in [0, 0.05) is 23.7 Å². The van der Waals surface area contributed by atoms with E-state index in [2.05, 4.69) is 0 Å². The highest BCUT2D eigenvalue weighted by atomic mass is 35.5. The van der Waals surface area contributed by atoms with Gasteiger partial charge in [0.05, 0.1) is 6.42 Å². The molecule has 2 rings (SSSR count). The molecule has 0 radical (unpaired) electrons. The van der Waals surface area contributed by atoms with Gasteiger partial charge in [0.1, 0.15) is 6.29 Å². The van der Waals surface area contributed by atoms with E-state index in [9.17, 15) is 9.59 Å². The first-order valence-electron chi connectivity index (χ1n) is 5.20. The standard InChI is InChI=1S/C12H12ClNO2/c1-2-14-6-8-3-10(13)4-9(7-15)11(8)5-12(14)16/h3-4,7H,2,5-6H2,1H3. The average molecular weight is 238 g/mol. The summed E-state index contributed by atoms with van der Waals surface area (Å²) in [5, 5.41) is 0.547. The lowest BCUT2D eigenvalue weighted by Crippen LogP contribution is -2.36. The summed E-state index contributed by atoms with van der Waals surface area (Å²) in [5.74, 6) is 0.0698. The maximum absolute atomic E-state index is 11.7. The van der Waals surface area contributed by atoms with Gasteiger partial charge in [0.2, 0.25) is 5.91 Å². The fourth-order valence-corrected chi connectivity index (χ4v) is 2.27. The van der Waals surface area contributed by atoms with E-state index in [-0.39, 0.29) is 5.91 Å². The molecule has 1 aliphatic heterocycles. The molecule has 0 N–H and O–H groups in total. The van der Waals surface area contributed by atoms with Gasteiger partial charge in [0.15, 0.2) is 0 Å². The molecule has 4 heteroatoms. The highest BCUT2D eigenvalue weighted by molar-refractivity contribution is 6.31. The lowest BCUT2D eigenvalue weighted by molar-refractivity contribution is -0.131. The molecular weight excluding hydrogens is 226 g/mol. The van der Waals surface area contributed by atoms with Crippen LogP contribution in [0.2, 0.25) is 5.02 Å². The van der Waals surface area contributed by atoms with Crippen LogP contribution in [0.25, 0.3) is 0 Å². The van der Waals surface area contributed by atoms with Crippen molar-refractivity contribution < 1.29 is 9.59 Å². The molecule has 1 aromatic rings. The van der Waals surface area contributed by atoms with Crippen LogP contribution < -0.4 is 0 Å². The van der Waals surface area contributed by atoms with Crippen LogP contribution in [0.3, 0.4) is 0 Å². The molecule has 1 aromatic carbocycles. The van der Waals surface area contributed by atoms with E-state index in [1.807, 2.05) is 13.0 Å². The zero-order chi connectivity index (χ0) is 11.7.